The molecule has 16 heteroatoms. The van der Waals surface area contributed by atoms with Crippen LogP contribution in [0.4, 0.5) is 4.79 Å². The van der Waals surface area contributed by atoms with E-state index in [9.17, 15) is 29.1 Å². The first-order chi connectivity index (χ1) is 16.0. The van der Waals surface area contributed by atoms with Crippen molar-refractivity contribution in [3.8, 4) is 0 Å². The van der Waals surface area contributed by atoms with Gasteiger partial charge in [-0.3, -0.25) is 19.4 Å². The molecule has 4 amide bonds. The molecule has 0 aromatic carbocycles. The van der Waals surface area contributed by atoms with Crippen LogP contribution in [0.1, 0.15) is 32.1 Å². The van der Waals surface area contributed by atoms with Gasteiger partial charge in [-0.05, 0) is 38.6 Å². The minimum atomic E-state index is -1.39. The van der Waals surface area contributed by atoms with E-state index in [4.69, 9.17) is 22.3 Å². The number of hydrogen-bond acceptors (Lipinski definition) is 8. The number of thiol groups is 1. The van der Waals surface area contributed by atoms with Gasteiger partial charge in [0.15, 0.2) is 5.96 Å². The summed E-state index contributed by atoms with van der Waals surface area (Å²) in [4.78, 5) is 62.8. The Balaban J connectivity index is 4.77. The predicted octanol–water partition coefficient (Wildman–Crippen LogP) is -3.09. The molecule has 0 unspecified atom stereocenters. The highest BCUT2D eigenvalue weighted by Crippen LogP contribution is 2.02. The van der Waals surface area contributed by atoms with Gasteiger partial charge in [-0.1, -0.05) is 0 Å². The summed E-state index contributed by atoms with van der Waals surface area (Å²) in [5.41, 5.74) is 15.8. The van der Waals surface area contributed by atoms with Gasteiger partial charge in [0.25, 0.3) is 0 Å². The topological polar surface area (TPSA) is 264 Å². The number of nitrogens with two attached hydrogens (primary N) is 3. The maximum atomic E-state index is 12.4. The van der Waals surface area contributed by atoms with E-state index in [2.05, 4.69) is 38.9 Å². The molecule has 0 saturated carbocycles. The van der Waals surface area contributed by atoms with Crippen molar-refractivity contribution in [2.45, 2.75) is 50.2 Å². The Morgan fingerprint density at radius 1 is 0.853 bits per heavy atom. The van der Waals surface area contributed by atoms with Crippen LogP contribution >= 0.6 is 12.6 Å². The second-order valence-corrected chi connectivity index (χ2v) is 7.52. The maximum absolute atomic E-state index is 12.4. The van der Waals surface area contributed by atoms with E-state index in [-0.39, 0.29) is 37.5 Å². The number of unbranched alkanes of at least 4 members (excludes halogenated alkanes) is 1. The molecule has 0 radical (unpaired) electrons. The van der Waals surface area contributed by atoms with Crippen LogP contribution in [0.3, 0.4) is 0 Å². The molecule has 194 valence electrons. The van der Waals surface area contributed by atoms with Crippen LogP contribution in [-0.4, -0.2) is 89.5 Å². The fraction of sp³-hybridized carbons (Fsp3) is 0.667. The first kappa shape index (κ1) is 30.7. The Labute approximate surface area is 202 Å². The van der Waals surface area contributed by atoms with Gasteiger partial charge in [0.1, 0.15) is 18.1 Å². The smallest absolute Gasteiger partial charge is 0.405 e. The first-order valence-corrected chi connectivity index (χ1v) is 11.1. The van der Waals surface area contributed by atoms with E-state index in [0.29, 0.717) is 19.4 Å². The number of nitrogens with zero attached hydrogens (tertiary/aromatic N) is 1. The van der Waals surface area contributed by atoms with Crippen LogP contribution in [-0.2, 0) is 19.2 Å². The van der Waals surface area contributed by atoms with Crippen molar-refractivity contribution in [3.05, 3.63) is 0 Å². The van der Waals surface area contributed by atoms with Crippen LogP contribution in [0.25, 0.3) is 0 Å². The normalized spacial score (nSPS) is 13.0. The van der Waals surface area contributed by atoms with Gasteiger partial charge in [-0.2, -0.15) is 12.6 Å². The average molecular weight is 507 g/mol. The summed E-state index contributed by atoms with van der Waals surface area (Å²) in [5.74, 6) is -3.81. The van der Waals surface area contributed by atoms with Gasteiger partial charge < -0.3 is 48.7 Å². The third-order valence-electron chi connectivity index (χ3n) is 4.38. The Morgan fingerprint density at radius 3 is 2.03 bits per heavy atom. The van der Waals surface area contributed by atoms with E-state index < -0.39 is 54.5 Å². The molecule has 0 rings (SSSR count). The summed E-state index contributed by atoms with van der Waals surface area (Å²) in [6, 6.07) is -3.49. The molecule has 34 heavy (non-hydrogen) atoms. The lowest BCUT2D eigenvalue weighted by Gasteiger charge is -2.21. The van der Waals surface area contributed by atoms with Gasteiger partial charge in [-0.25, -0.2) is 9.59 Å². The van der Waals surface area contributed by atoms with E-state index in [0.717, 1.165) is 0 Å². The monoisotopic (exact) mass is 506 g/mol. The van der Waals surface area contributed by atoms with E-state index in [1.165, 1.54) is 0 Å². The number of carboxylic acid groups (broad SMARTS) is 2. The molecule has 0 aromatic heterocycles. The zero-order valence-electron chi connectivity index (χ0n) is 18.7. The number of nitrogens with one attached hydrogen (secondary N) is 4. The second kappa shape index (κ2) is 17.2. The molecule has 15 nitrogen and oxygen atoms in total. The molecule has 0 aliphatic carbocycles. The summed E-state index contributed by atoms with van der Waals surface area (Å²) >= 11 is 4.00. The van der Waals surface area contributed by atoms with Gasteiger partial charge in [0.05, 0.1) is 6.54 Å². The molecule has 0 aliphatic rings. The van der Waals surface area contributed by atoms with Gasteiger partial charge >= 0.3 is 12.1 Å². The third kappa shape index (κ3) is 14.0. The molecule has 0 fully saturated rings. The number of amides is 4. The molecular formula is C18H34N8O7S. The number of carbonyl (C=O) groups is 5. The summed E-state index contributed by atoms with van der Waals surface area (Å²) < 4.78 is 0. The summed E-state index contributed by atoms with van der Waals surface area (Å²) in [7, 11) is 0. The molecule has 0 aliphatic heterocycles. The van der Waals surface area contributed by atoms with Gasteiger partial charge in [0, 0.05) is 12.3 Å². The fourth-order valence-electron chi connectivity index (χ4n) is 2.67. The van der Waals surface area contributed by atoms with Crippen molar-refractivity contribution in [2.24, 2.45) is 22.2 Å². The van der Waals surface area contributed by atoms with Crippen LogP contribution < -0.4 is 38.5 Å². The SMILES string of the molecule is NCCCC[C@@H](NC(=O)O)C(=O)NCC(=O)N[C@H](CS)C(=O)N[C@@H](CCCN=C(N)N)C(=O)O. The quantitative estimate of drug-likeness (QED) is 0.0411. The number of rotatable bonds is 17. The summed E-state index contributed by atoms with van der Waals surface area (Å²) in [6.07, 6.45) is 0.225. The number of guanidine groups is 1. The standard InChI is InChI=1S/C18H34N8O7S/c19-6-2-1-4-10(26-18(32)33)14(28)23-8-13(27)24-12(9-34)15(29)25-11(16(30)31)5-3-7-22-17(20)21/h10-12,26,34H,1-9,19H2,(H,23,28)(H,24,27)(H,25,29)(H,30,31)(H,32,33)(H4,20,21,22)/t10-,11+,12-/m1/s1. The lowest BCUT2D eigenvalue weighted by Crippen LogP contribution is -2.54. The Kier molecular flexibility index (Phi) is 15.6. The van der Waals surface area contributed by atoms with E-state index in [1.807, 2.05) is 0 Å². The van der Waals surface area contributed by atoms with Crippen LogP contribution in [0, 0.1) is 0 Å². The maximum Gasteiger partial charge on any atom is 0.405 e. The predicted molar refractivity (Wildman–Crippen MR) is 126 cm³/mol. The fourth-order valence-corrected chi connectivity index (χ4v) is 2.93. The first-order valence-electron chi connectivity index (χ1n) is 10.5. The molecule has 0 heterocycles. The van der Waals surface area contributed by atoms with Crippen LogP contribution in [0.5, 0.6) is 0 Å². The largest absolute Gasteiger partial charge is 0.480 e. The van der Waals surface area contributed by atoms with Crippen molar-refractivity contribution in [1.82, 2.24) is 21.3 Å². The number of aliphatic imine (C=N–C) groups is 1. The van der Waals surface area contributed by atoms with Gasteiger partial charge in [0.2, 0.25) is 17.7 Å². The molecular weight excluding hydrogens is 472 g/mol. The van der Waals surface area contributed by atoms with E-state index >= 15 is 0 Å². The molecule has 0 aromatic rings. The second-order valence-electron chi connectivity index (χ2n) is 7.16. The number of aliphatic carboxylic acids is 1. The highest BCUT2D eigenvalue weighted by atomic mass is 32.1. The lowest BCUT2D eigenvalue weighted by atomic mass is 10.1. The molecule has 3 atom stereocenters. The number of hydrogen-bond donors (Lipinski definition) is 10. The summed E-state index contributed by atoms with van der Waals surface area (Å²) in [5, 5.41) is 27.2. The van der Waals surface area contributed by atoms with Crippen molar-refractivity contribution in [3.63, 3.8) is 0 Å². The summed E-state index contributed by atoms with van der Waals surface area (Å²) in [6.45, 7) is 0.0281. The van der Waals surface area contributed by atoms with Crippen LogP contribution in [0.15, 0.2) is 4.99 Å². The number of carboxylic acids is 1. The third-order valence-corrected chi connectivity index (χ3v) is 4.74. The molecule has 0 saturated heterocycles. The molecule has 0 spiro atoms. The lowest BCUT2D eigenvalue weighted by molar-refractivity contribution is -0.142. The Bertz CT molecular complexity index is 733. The average Bonchev–Trinajstić information content (AvgIpc) is 2.76. The zero-order valence-corrected chi connectivity index (χ0v) is 19.6. The van der Waals surface area contributed by atoms with Crippen LogP contribution in [0.2, 0.25) is 0 Å². The van der Waals surface area contributed by atoms with E-state index in [1.54, 1.807) is 0 Å². The molecule has 0 bridgehead atoms. The Morgan fingerprint density at radius 2 is 1.50 bits per heavy atom. The van der Waals surface area contributed by atoms with Crippen molar-refractivity contribution in [1.29, 1.82) is 0 Å². The highest BCUT2D eigenvalue weighted by molar-refractivity contribution is 7.80. The zero-order chi connectivity index (χ0) is 26.1. The molecule has 12 N–H and O–H groups in total. The van der Waals surface area contributed by atoms with Crippen molar-refractivity contribution in [2.75, 3.05) is 25.4 Å². The Hall–Kier alpha value is -3.27. The van der Waals surface area contributed by atoms with Crippen molar-refractivity contribution >= 4 is 48.4 Å². The van der Waals surface area contributed by atoms with Gasteiger partial charge in [-0.15, -0.1) is 0 Å². The minimum absolute atomic E-state index is 0.0449. The van der Waals surface area contributed by atoms with Crippen molar-refractivity contribution < 1.29 is 34.2 Å². The number of carbonyl (C=O) groups excluding carboxylic acids is 3. The highest BCUT2D eigenvalue weighted by Gasteiger charge is 2.26. The minimum Gasteiger partial charge on any atom is -0.480 e.